The van der Waals surface area contributed by atoms with Crippen molar-refractivity contribution in [3.63, 3.8) is 0 Å². The van der Waals surface area contributed by atoms with Crippen LogP contribution < -0.4 is 5.73 Å². The van der Waals surface area contributed by atoms with Gasteiger partial charge in [-0.1, -0.05) is 31.4 Å². The zero-order valence-corrected chi connectivity index (χ0v) is 15.3. The van der Waals surface area contributed by atoms with Crippen molar-refractivity contribution in [2.75, 3.05) is 6.54 Å². The smallest absolute Gasteiger partial charge is 0.252 e. The van der Waals surface area contributed by atoms with Crippen LogP contribution in [0.4, 0.5) is 4.39 Å². The average Bonchev–Trinajstić information content (AvgIpc) is 3.11. The largest absolute Gasteiger partial charge is 0.364 e. The summed E-state index contributed by atoms with van der Waals surface area (Å²) >= 11 is 0. The molecule has 0 spiro atoms. The molecule has 25 heavy (non-hydrogen) atoms. The fraction of sp³-hybridized carbons (Fsp3) is 0.632. The average molecular weight is 371 g/mol. The Morgan fingerprint density at radius 3 is 2.40 bits per heavy atom. The molecule has 1 aromatic carbocycles. The van der Waals surface area contributed by atoms with E-state index in [0.29, 0.717) is 13.1 Å². The molecule has 2 N–H and O–H groups in total. The lowest BCUT2D eigenvalue weighted by Gasteiger charge is -2.36. The van der Waals surface area contributed by atoms with Gasteiger partial charge in [-0.25, -0.2) is 4.39 Å². The summed E-state index contributed by atoms with van der Waals surface area (Å²) in [6.07, 6.45) is 6.86. The topological polar surface area (TPSA) is 55.6 Å². The van der Waals surface area contributed by atoms with Crippen LogP contribution in [0.2, 0.25) is 0 Å². The third-order valence-electron chi connectivity index (χ3n) is 5.21. The van der Waals surface area contributed by atoms with Gasteiger partial charge < -0.3 is 15.4 Å². The highest BCUT2D eigenvalue weighted by molar-refractivity contribution is 5.85. The molecule has 140 valence electrons. The zero-order valence-electron chi connectivity index (χ0n) is 14.5. The molecule has 0 radical (unpaired) electrons. The molecule has 0 bridgehead atoms. The van der Waals surface area contributed by atoms with Crippen molar-refractivity contribution in [1.82, 2.24) is 4.90 Å². The molecule has 2 fully saturated rings. The fourth-order valence-electron chi connectivity index (χ4n) is 3.81. The number of carbonyl (C=O) groups is 1. The summed E-state index contributed by atoms with van der Waals surface area (Å²) in [5, 5.41) is 0. The summed E-state index contributed by atoms with van der Waals surface area (Å²) in [6.45, 7) is 0.988. The van der Waals surface area contributed by atoms with Crippen molar-refractivity contribution in [2.24, 2.45) is 5.73 Å². The van der Waals surface area contributed by atoms with E-state index in [1.54, 1.807) is 12.1 Å². The number of nitrogens with zero attached hydrogens (tertiary/aromatic N) is 1. The van der Waals surface area contributed by atoms with E-state index in [4.69, 9.17) is 10.5 Å². The van der Waals surface area contributed by atoms with Gasteiger partial charge in [0.1, 0.15) is 11.9 Å². The fourth-order valence-corrected chi connectivity index (χ4v) is 3.81. The number of ether oxygens (including phenoxy) is 1. The Kier molecular flexibility index (Phi) is 7.66. The lowest BCUT2D eigenvalue weighted by atomic mass is 9.93. The van der Waals surface area contributed by atoms with Crippen molar-refractivity contribution >= 4 is 18.3 Å². The highest BCUT2D eigenvalue weighted by Crippen LogP contribution is 2.28. The summed E-state index contributed by atoms with van der Waals surface area (Å²) in [5.74, 6) is -0.179. The SMILES string of the molecule is Cl.NC[C@H]1CC[C@@H](C(=O)N(Cc2ccc(F)cc2)C2CCCCC2)O1. The lowest BCUT2D eigenvalue weighted by Crippen LogP contribution is -2.46. The van der Waals surface area contributed by atoms with E-state index in [0.717, 1.165) is 44.1 Å². The van der Waals surface area contributed by atoms with Gasteiger partial charge in [0.25, 0.3) is 5.91 Å². The highest BCUT2D eigenvalue weighted by atomic mass is 35.5. The minimum absolute atomic E-state index is 0. The van der Waals surface area contributed by atoms with E-state index in [1.807, 2.05) is 4.90 Å². The molecule has 1 aliphatic heterocycles. The molecule has 1 heterocycles. The van der Waals surface area contributed by atoms with Crippen LogP contribution in [0.25, 0.3) is 0 Å². The molecule has 4 nitrogen and oxygen atoms in total. The van der Waals surface area contributed by atoms with Crippen LogP contribution in [0.15, 0.2) is 24.3 Å². The van der Waals surface area contributed by atoms with Gasteiger partial charge >= 0.3 is 0 Å². The minimum Gasteiger partial charge on any atom is -0.364 e. The maximum Gasteiger partial charge on any atom is 0.252 e. The Labute approximate surface area is 155 Å². The standard InChI is InChI=1S/C19H27FN2O2.ClH/c20-15-8-6-14(7-9-15)13-22(16-4-2-1-3-5-16)19(23)18-11-10-17(12-21)24-18;/h6-9,16-18H,1-5,10-13,21H2;1H/t17-,18+;/m1./s1. The first-order valence-electron chi connectivity index (χ1n) is 9.08. The van der Waals surface area contributed by atoms with E-state index in [1.165, 1.54) is 18.6 Å². The van der Waals surface area contributed by atoms with Gasteiger partial charge in [0.05, 0.1) is 6.10 Å². The van der Waals surface area contributed by atoms with Crippen LogP contribution in [-0.2, 0) is 16.1 Å². The number of hydrogen-bond acceptors (Lipinski definition) is 3. The first-order valence-corrected chi connectivity index (χ1v) is 9.08. The number of amides is 1. The second-order valence-corrected chi connectivity index (χ2v) is 6.94. The summed E-state index contributed by atoms with van der Waals surface area (Å²) in [6, 6.07) is 6.69. The number of benzene rings is 1. The van der Waals surface area contributed by atoms with Crippen LogP contribution in [0.1, 0.15) is 50.5 Å². The maximum atomic E-state index is 13.2. The van der Waals surface area contributed by atoms with Crippen LogP contribution in [0.3, 0.4) is 0 Å². The molecule has 1 saturated carbocycles. The number of carbonyl (C=O) groups excluding carboxylic acids is 1. The molecule has 1 amide bonds. The van der Waals surface area contributed by atoms with E-state index >= 15 is 0 Å². The van der Waals surface area contributed by atoms with Gasteiger partial charge in [0.15, 0.2) is 0 Å². The van der Waals surface area contributed by atoms with Crippen molar-refractivity contribution in [2.45, 2.75) is 69.7 Å². The molecule has 2 aliphatic rings. The van der Waals surface area contributed by atoms with E-state index < -0.39 is 0 Å². The predicted octanol–water partition coefficient (Wildman–Crippen LogP) is 3.42. The first kappa shape index (κ1) is 20.1. The lowest BCUT2D eigenvalue weighted by molar-refractivity contribution is -0.146. The minimum atomic E-state index is -0.374. The Balaban J connectivity index is 0.00000225. The molecule has 1 aromatic rings. The Morgan fingerprint density at radius 2 is 1.80 bits per heavy atom. The van der Waals surface area contributed by atoms with Gasteiger partial charge in [-0.05, 0) is 43.4 Å². The molecule has 1 aliphatic carbocycles. The van der Waals surface area contributed by atoms with Gasteiger partial charge in [0, 0.05) is 19.1 Å². The molecule has 3 rings (SSSR count). The van der Waals surface area contributed by atoms with Gasteiger partial charge in [0.2, 0.25) is 0 Å². The van der Waals surface area contributed by atoms with Gasteiger partial charge in [-0.2, -0.15) is 0 Å². The summed E-state index contributed by atoms with van der Waals surface area (Å²) in [7, 11) is 0. The Bertz CT molecular complexity index is 549. The Hall–Kier alpha value is -1.17. The van der Waals surface area contributed by atoms with Crippen LogP contribution >= 0.6 is 12.4 Å². The number of hydrogen-bond donors (Lipinski definition) is 1. The van der Waals surface area contributed by atoms with Crippen molar-refractivity contribution < 1.29 is 13.9 Å². The van der Waals surface area contributed by atoms with E-state index in [-0.39, 0.29) is 42.4 Å². The molecule has 0 aromatic heterocycles. The van der Waals surface area contributed by atoms with Gasteiger partial charge in [-0.3, -0.25) is 4.79 Å². The maximum absolute atomic E-state index is 13.2. The van der Waals surface area contributed by atoms with Crippen molar-refractivity contribution in [1.29, 1.82) is 0 Å². The van der Waals surface area contributed by atoms with Crippen molar-refractivity contribution in [3.8, 4) is 0 Å². The second-order valence-electron chi connectivity index (χ2n) is 6.94. The van der Waals surface area contributed by atoms with Gasteiger partial charge in [-0.15, -0.1) is 12.4 Å². The molecule has 0 unspecified atom stereocenters. The Morgan fingerprint density at radius 1 is 1.12 bits per heavy atom. The second kappa shape index (κ2) is 9.51. The van der Waals surface area contributed by atoms with Crippen LogP contribution in [0, 0.1) is 5.82 Å². The normalized spacial score (nSPS) is 23.9. The summed E-state index contributed by atoms with van der Waals surface area (Å²) in [4.78, 5) is 15.0. The molecular formula is C19H28ClFN2O2. The highest BCUT2D eigenvalue weighted by Gasteiger charge is 2.35. The summed E-state index contributed by atoms with van der Waals surface area (Å²) in [5.41, 5.74) is 6.63. The molecular weight excluding hydrogens is 343 g/mol. The zero-order chi connectivity index (χ0) is 16.9. The quantitative estimate of drug-likeness (QED) is 0.864. The molecule has 1 saturated heterocycles. The predicted molar refractivity (Wildman–Crippen MR) is 98.0 cm³/mol. The molecule has 6 heteroatoms. The monoisotopic (exact) mass is 370 g/mol. The number of nitrogens with two attached hydrogens (primary N) is 1. The summed E-state index contributed by atoms with van der Waals surface area (Å²) < 4.78 is 19.0. The van der Waals surface area contributed by atoms with E-state index in [9.17, 15) is 9.18 Å². The third kappa shape index (κ3) is 5.16. The third-order valence-corrected chi connectivity index (χ3v) is 5.21. The van der Waals surface area contributed by atoms with Crippen LogP contribution in [-0.4, -0.2) is 35.6 Å². The van der Waals surface area contributed by atoms with Crippen LogP contribution in [0.5, 0.6) is 0 Å². The van der Waals surface area contributed by atoms with E-state index in [2.05, 4.69) is 0 Å². The van der Waals surface area contributed by atoms with Crippen molar-refractivity contribution in [3.05, 3.63) is 35.6 Å². The number of rotatable bonds is 5. The first-order chi connectivity index (χ1) is 11.7. The number of halogens is 2. The molecule has 2 atom stereocenters.